The number of rotatable bonds is 3. The van der Waals surface area contributed by atoms with Crippen molar-refractivity contribution < 1.29 is 17.6 Å². The van der Waals surface area contributed by atoms with Gasteiger partial charge in [0, 0.05) is 22.0 Å². The fourth-order valence-electron chi connectivity index (χ4n) is 1.32. The highest BCUT2D eigenvalue weighted by atomic mass is 32.2. The Kier molecular flexibility index (Phi) is 2.84. The first-order chi connectivity index (χ1) is 7.50. The summed E-state index contributed by atoms with van der Waals surface area (Å²) in [5.41, 5.74) is 0.648. The van der Waals surface area contributed by atoms with Crippen LogP contribution in [0.1, 0.15) is 0 Å². The lowest BCUT2D eigenvalue weighted by molar-refractivity contribution is -0.0563. The number of halogens is 4. The number of aromatic amines is 1. The van der Waals surface area contributed by atoms with E-state index in [1.165, 1.54) is 6.20 Å². The lowest BCUT2D eigenvalue weighted by Crippen LogP contribution is -2.21. The van der Waals surface area contributed by atoms with Crippen LogP contribution >= 0.6 is 11.8 Å². The summed E-state index contributed by atoms with van der Waals surface area (Å²) in [7, 11) is 0. The third kappa shape index (κ3) is 2.02. The van der Waals surface area contributed by atoms with Crippen molar-refractivity contribution in [3.8, 4) is 0 Å². The van der Waals surface area contributed by atoms with Crippen LogP contribution in [0.25, 0.3) is 10.9 Å². The summed E-state index contributed by atoms with van der Waals surface area (Å²) < 4.78 is 49.7. The van der Waals surface area contributed by atoms with Gasteiger partial charge in [-0.25, -0.2) is 8.78 Å². The van der Waals surface area contributed by atoms with Crippen LogP contribution in [0.5, 0.6) is 0 Å². The molecule has 0 amide bonds. The molecule has 6 heteroatoms. The number of H-pyrrole nitrogens is 1. The van der Waals surface area contributed by atoms with Gasteiger partial charge in [-0.2, -0.15) is 8.78 Å². The molecule has 0 aliphatic carbocycles. The number of hydrogen-bond donors (Lipinski definition) is 1. The van der Waals surface area contributed by atoms with Gasteiger partial charge in [0.25, 0.3) is 0 Å². The summed E-state index contributed by atoms with van der Waals surface area (Å²) in [6.07, 6.45) is -2.36. The zero-order valence-electron chi connectivity index (χ0n) is 7.88. The standard InChI is InChI=1S/C10H7F4NS/c11-9(12)10(13,14)16-8-5-15-7-4-2-1-3-6(7)8/h1-5,9,15H. The monoisotopic (exact) mass is 249 g/mol. The van der Waals surface area contributed by atoms with Crippen LogP contribution in [0.3, 0.4) is 0 Å². The molecule has 1 aromatic carbocycles. The molecule has 0 aliphatic rings. The van der Waals surface area contributed by atoms with Gasteiger partial charge in [-0.05, 0) is 17.8 Å². The molecule has 1 N–H and O–H groups in total. The summed E-state index contributed by atoms with van der Waals surface area (Å²) in [6.45, 7) is 0. The minimum atomic E-state index is -4.06. The molecule has 0 atom stereocenters. The zero-order chi connectivity index (χ0) is 11.8. The zero-order valence-corrected chi connectivity index (χ0v) is 8.70. The van der Waals surface area contributed by atoms with Crippen molar-refractivity contribution in [2.75, 3.05) is 0 Å². The van der Waals surface area contributed by atoms with Crippen LogP contribution < -0.4 is 0 Å². The predicted octanol–water partition coefficient (Wildman–Crippen LogP) is 4.12. The quantitative estimate of drug-likeness (QED) is 0.639. The van der Waals surface area contributed by atoms with E-state index in [1.807, 2.05) is 0 Å². The van der Waals surface area contributed by atoms with Gasteiger partial charge in [0.2, 0.25) is 0 Å². The van der Waals surface area contributed by atoms with Crippen molar-refractivity contribution in [2.45, 2.75) is 16.6 Å². The van der Waals surface area contributed by atoms with Crippen molar-refractivity contribution in [1.82, 2.24) is 4.98 Å². The fourth-order valence-corrected chi connectivity index (χ4v) is 2.11. The average Bonchev–Trinajstić information content (AvgIpc) is 2.61. The number of nitrogens with one attached hydrogen (secondary N) is 1. The van der Waals surface area contributed by atoms with Crippen LogP contribution in [0.15, 0.2) is 35.4 Å². The molecule has 86 valence electrons. The van der Waals surface area contributed by atoms with Crippen LogP contribution in [0.2, 0.25) is 0 Å². The van der Waals surface area contributed by atoms with E-state index in [0.717, 1.165) is 0 Å². The summed E-state index contributed by atoms with van der Waals surface area (Å²) >= 11 is -0.124. The second-order valence-corrected chi connectivity index (χ2v) is 4.35. The van der Waals surface area contributed by atoms with E-state index in [2.05, 4.69) is 4.98 Å². The second-order valence-electron chi connectivity index (χ2n) is 3.16. The van der Waals surface area contributed by atoms with Gasteiger partial charge in [0.05, 0.1) is 0 Å². The molecule has 0 aliphatic heterocycles. The topological polar surface area (TPSA) is 15.8 Å². The van der Waals surface area contributed by atoms with E-state index in [9.17, 15) is 17.6 Å². The highest BCUT2D eigenvalue weighted by Gasteiger charge is 2.42. The molecule has 0 radical (unpaired) electrons. The summed E-state index contributed by atoms with van der Waals surface area (Å²) in [5.74, 6) is 0. The molecular weight excluding hydrogens is 242 g/mol. The van der Waals surface area contributed by atoms with Crippen molar-refractivity contribution in [3.63, 3.8) is 0 Å². The molecule has 1 aromatic heterocycles. The van der Waals surface area contributed by atoms with Gasteiger partial charge >= 0.3 is 11.7 Å². The number of fused-ring (bicyclic) bond motifs is 1. The molecule has 0 unspecified atom stereocenters. The van der Waals surface area contributed by atoms with Gasteiger partial charge in [-0.1, -0.05) is 18.2 Å². The highest BCUT2D eigenvalue weighted by molar-refractivity contribution is 8.00. The first-order valence-electron chi connectivity index (χ1n) is 4.42. The number of para-hydroxylation sites is 1. The Labute approximate surface area is 92.8 Å². The Bertz CT molecular complexity index is 494. The minimum absolute atomic E-state index is 0.124. The van der Waals surface area contributed by atoms with Crippen molar-refractivity contribution in [3.05, 3.63) is 30.5 Å². The Balaban J connectivity index is 2.35. The summed E-state index contributed by atoms with van der Waals surface area (Å²) in [4.78, 5) is 2.88. The molecule has 2 aromatic rings. The minimum Gasteiger partial charge on any atom is -0.360 e. The second kappa shape index (κ2) is 4.01. The van der Waals surface area contributed by atoms with E-state index in [-0.39, 0.29) is 16.7 Å². The summed E-state index contributed by atoms with van der Waals surface area (Å²) in [6, 6.07) is 6.70. The Morgan fingerprint density at radius 2 is 1.88 bits per heavy atom. The normalized spacial score (nSPS) is 12.6. The van der Waals surface area contributed by atoms with E-state index >= 15 is 0 Å². The fraction of sp³-hybridized carbons (Fsp3) is 0.200. The van der Waals surface area contributed by atoms with Crippen LogP contribution in [0.4, 0.5) is 17.6 Å². The molecule has 0 spiro atoms. The first kappa shape index (κ1) is 11.3. The van der Waals surface area contributed by atoms with Gasteiger partial charge < -0.3 is 4.98 Å². The molecule has 16 heavy (non-hydrogen) atoms. The Hall–Kier alpha value is -1.17. The number of benzene rings is 1. The third-order valence-corrected chi connectivity index (χ3v) is 3.06. The van der Waals surface area contributed by atoms with Gasteiger partial charge in [0.1, 0.15) is 0 Å². The number of thioether (sulfide) groups is 1. The maximum absolute atomic E-state index is 12.8. The largest absolute Gasteiger partial charge is 0.360 e. The Morgan fingerprint density at radius 1 is 1.19 bits per heavy atom. The van der Waals surface area contributed by atoms with Crippen LogP contribution in [-0.2, 0) is 0 Å². The smallest absolute Gasteiger partial charge is 0.357 e. The van der Waals surface area contributed by atoms with Crippen molar-refractivity contribution in [2.24, 2.45) is 0 Å². The van der Waals surface area contributed by atoms with E-state index in [4.69, 9.17) is 0 Å². The van der Waals surface area contributed by atoms with Crippen molar-refractivity contribution >= 4 is 22.7 Å². The molecular formula is C10H7F4NS. The molecule has 1 heterocycles. The van der Waals surface area contributed by atoms with E-state index in [1.54, 1.807) is 24.3 Å². The average molecular weight is 249 g/mol. The van der Waals surface area contributed by atoms with E-state index < -0.39 is 11.7 Å². The van der Waals surface area contributed by atoms with Gasteiger partial charge in [-0.15, -0.1) is 0 Å². The number of aromatic nitrogens is 1. The molecule has 1 nitrogen and oxygen atoms in total. The lowest BCUT2D eigenvalue weighted by atomic mass is 10.2. The summed E-state index contributed by atoms with van der Waals surface area (Å²) in [5, 5.41) is -3.54. The van der Waals surface area contributed by atoms with E-state index in [0.29, 0.717) is 10.9 Å². The lowest BCUT2D eigenvalue weighted by Gasteiger charge is -2.13. The maximum atomic E-state index is 12.8. The molecule has 0 fully saturated rings. The van der Waals surface area contributed by atoms with Crippen molar-refractivity contribution in [1.29, 1.82) is 0 Å². The molecule has 2 rings (SSSR count). The van der Waals surface area contributed by atoms with Gasteiger partial charge in [-0.3, -0.25) is 0 Å². The number of alkyl halides is 4. The predicted molar refractivity (Wildman–Crippen MR) is 55.1 cm³/mol. The molecule has 0 bridgehead atoms. The molecule has 0 saturated heterocycles. The van der Waals surface area contributed by atoms with Gasteiger partial charge in [0.15, 0.2) is 0 Å². The third-order valence-electron chi connectivity index (χ3n) is 2.05. The van der Waals surface area contributed by atoms with Crippen LogP contribution in [0, 0.1) is 0 Å². The first-order valence-corrected chi connectivity index (χ1v) is 5.23. The highest BCUT2D eigenvalue weighted by Crippen LogP contribution is 2.42. The maximum Gasteiger partial charge on any atom is 0.357 e. The number of hydrogen-bond acceptors (Lipinski definition) is 1. The SMILES string of the molecule is FC(F)C(F)(F)Sc1c[nH]c2ccccc12. The van der Waals surface area contributed by atoms with Crippen LogP contribution in [-0.4, -0.2) is 16.7 Å². The Morgan fingerprint density at radius 3 is 2.56 bits per heavy atom. The molecule has 0 saturated carbocycles.